The highest BCUT2D eigenvalue weighted by atomic mass is 16.5. The summed E-state index contributed by atoms with van der Waals surface area (Å²) in [7, 11) is 1.68. The molecule has 1 amide bonds. The fourth-order valence-electron chi connectivity index (χ4n) is 4.87. The highest BCUT2D eigenvalue weighted by Crippen LogP contribution is 2.28. The van der Waals surface area contributed by atoms with Gasteiger partial charge in [0.25, 0.3) is 5.91 Å². The lowest BCUT2D eigenvalue weighted by atomic mass is 10.1. The molecule has 5 rings (SSSR count). The lowest BCUT2D eigenvalue weighted by Gasteiger charge is -2.36. The second-order valence-electron chi connectivity index (χ2n) is 9.71. The zero-order valence-electron chi connectivity index (χ0n) is 21.8. The second kappa shape index (κ2) is 11.2. The number of fused-ring (bicyclic) bond motifs is 1. The van der Waals surface area contributed by atoms with Gasteiger partial charge in [-0.3, -0.25) is 9.69 Å². The Labute approximate surface area is 218 Å². The molecule has 6 heteroatoms. The third-order valence-corrected chi connectivity index (χ3v) is 7.16. The Kier molecular flexibility index (Phi) is 7.58. The fraction of sp³-hybridized carbons (Fsp3) is 0.323. The molecule has 1 aromatic heterocycles. The van der Waals surface area contributed by atoms with Crippen molar-refractivity contribution >= 4 is 16.9 Å². The van der Waals surface area contributed by atoms with Crippen molar-refractivity contribution in [3.05, 3.63) is 101 Å². The SMILES string of the molecule is COc1cccc(C(CN2CCN(C(=O)c3oc4ccccc4c3C)CC2)OCc2ccc(C)cc2)c1. The number of methoxy groups -OCH3 is 1. The largest absolute Gasteiger partial charge is 0.497 e. The lowest BCUT2D eigenvalue weighted by molar-refractivity contribution is 0.00302. The molecule has 1 aliphatic rings. The number of para-hydroxylation sites is 1. The Balaban J connectivity index is 1.25. The van der Waals surface area contributed by atoms with Crippen molar-refractivity contribution in [3.63, 3.8) is 0 Å². The molecule has 6 nitrogen and oxygen atoms in total. The van der Waals surface area contributed by atoms with E-state index in [1.165, 1.54) is 5.56 Å². The Bertz CT molecular complexity index is 1350. The van der Waals surface area contributed by atoms with Crippen LogP contribution in [0.5, 0.6) is 5.75 Å². The number of furan rings is 1. The van der Waals surface area contributed by atoms with Gasteiger partial charge in [-0.15, -0.1) is 0 Å². The molecule has 1 fully saturated rings. The number of nitrogens with zero attached hydrogens (tertiary/aromatic N) is 2. The van der Waals surface area contributed by atoms with Gasteiger partial charge in [0, 0.05) is 43.7 Å². The van der Waals surface area contributed by atoms with Crippen molar-refractivity contribution in [2.24, 2.45) is 0 Å². The first-order chi connectivity index (χ1) is 18.0. The molecule has 3 aromatic carbocycles. The summed E-state index contributed by atoms with van der Waals surface area (Å²) in [5.74, 6) is 1.23. The molecule has 0 saturated carbocycles. The predicted molar refractivity (Wildman–Crippen MR) is 145 cm³/mol. The maximum Gasteiger partial charge on any atom is 0.289 e. The van der Waals surface area contributed by atoms with E-state index >= 15 is 0 Å². The third-order valence-electron chi connectivity index (χ3n) is 7.16. The molecule has 1 aliphatic heterocycles. The van der Waals surface area contributed by atoms with Crippen LogP contribution in [0.3, 0.4) is 0 Å². The van der Waals surface area contributed by atoms with Gasteiger partial charge in [-0.1, -0.05) is 60.2 Å². The van der Waals surface area contributed by atoms with Crippen molar-refractivity contribution in [3.8, 4) is 5.75 Å². The van der Waals surface area contributed by atoms with E-state index < -0.39 is 0 Å². The first-order valence-electron chi connectivity index (χ1n) is 12.8. The maximum absolute atomic E-state index is 13.3. The Hall–Kier alpha value is -3.61. The number of carbonyl (C=O) groups excluding carboxylic acids is 1. The zero-order valence-corrected chi connectivity index (χ0v) is 21.8. The van der Waals surface area contributed by atoms with E-state index in [1.807, 2.05) is 54.3 Å². The van der Waals surface area contributed by atoms with Gasteiger partial charge < -0.3 is 18.8 Å². The number of hydrogen-bond donors (Lipinski definition) is 0. The van der Waals surface area contributed by atoms with Crippen LogP contribution in [-0.4, -0.2) is 55.5 Å². The smallest absolute Gasteiger partial charge is 0.289 e. The van der Waals surface area contributed by atoms with Crippen LogP contribution < -0.4 is 4.74 Å². The summed E-state index contributed by atoms with van der Waals surface area (Å²) in [4.78, 5) is 17.5. The summed E-state index contributed by atoms with van der Waals surface area (Å²) >= 11 is 0. The molecule has 0 bridgehead atoms. The van der Waals surface area contributed by atoms with E-state index in [0.717, 1.165) is 53.0 Å². The molecule has 1 atom stereocenters. The number of amides is 1. The Morgan fingerprint density at radius 2 is 1.70 bits per heavy atom. The molecule has 4 aromatic rings. The van der Waals surface area contributed by atoms with Crippen molar-refractivity contribution in [2.75, 3.05) is 39.8 Å². The number of ether oxygens (including phenoxy) is 2. The zero-order chi connectivity index (χ0) is 25.8. The maximum atomic E-state index is 13.3. The summed E-state index contributed by atoms with van der Waals surface area (Å²) in [6.45, 7) is 8.18. The summed E-state index contributed by atoms with van der Waals surface area (Å²) < 4.78 is 17.8. The van der Waals surface area contributed by atoms with Gasteiger partial charge in [-0.2, -0.15) is 0 Å². The number of aryl methyl sites for hydroxylation is 2. The molecule has 0 spiro atoms. The van der Waals surface area contributed by atoms with Crippen LogP contribution in [0.1, 0.15) is 38.9 Å². The first kappa shape index (κ1) is 25.1. The molecule has 2 heterocycles. The minimum absolute atomic E-state index is 0.0340. The number of carbonyl (C=O) groups is 1. The molecule has 0 radical (unpaired) electrons. The van der Waals surface area contributed by atoms with E-state index in [-0.39, 0.29) is 12.0 Å². The van der Waals surface area contributed by atoms with Gasteiger partial charge in [0.15, 0.2) is 5.76 Å². The monoisotopic (exact) mass is 498 g/mol. The molecular formula is C31H34N2O4. The third kappa shape index (κ3) is 5.71. The van der Waals surface area contributed by atoms with Crippen LogP contribution in [0.2, 0.25) is 0 Å². The topological polar surface area (TPSA) is 55.2 Å². The molecule has 1 saturated heterocycles. The number of benzene rings is 3. The lowest BCUT2D eigenvalue weighted by Crippen LogP contribution is -2.49. The van der Waals surface area contributed by atoms with Crippen LogP contribution in [0, 0.1) is 13.8 Å². The molecule has 0 aliphatic carbocycles. The molecule has 1 unspecified atom stereocenters. The quantitative estimate of drug-likeness (QED) is 0.309. The van der Waals surface area contributed by atoms with Crippen molar-refractivity contribution < 1.29 is 18.7 Å². The van der Waals surface area contributed by atoms with Gasteiger partial charge in [0.1, 0.15) is 11.3 Å². The number of hydrogen-bond acceptors (Lipinski definition) is 5. The summed E-state index contributed by atoms with van der Waals surface area (Å²) in [5, 5.41) is 0.997. The van der Waals surface area contributed by atoms with Gasteiger partial charge in [-0.25, -0.2) is 0 Å². The van der Waals surface area contributed by atoms with E-state index in [9.17, 15) is 4.79 Å². The van der Waals surface area contributed by atoms with Crippen LogP contribution in [-0.2, 0) is 11.3 Å². The van der Waals surface area contributed by atoms with Crippen LogP contribution >= 0.6 is 0 Å². The van der Waals surface area contributed by atoms with Gasteiger partial charge >= 0.3 is 0 Å². The minimum atomic E-state index is -0.115. The van der Waals surface area contributed by atoms with E-state index in [1.54, 1.807) is 7.11 Å². The average Bonchev–Trinajstić information content (AvgIpc) is 3.28. The number of rotatable bonds is 8. The van der Waals surface area contributed by atoms with E-state index in [0.29, 0.717) is 25.5 Å². The average molecular weight is 499 g/mol. The Morgan fingerprint density at radius 1 is 0.946 bits per heavy atom. The van der Waals surface area contributed by atoms with E-state index in [4.69, 9.17) is 13.9 Å². The van der Waals surface area contributed by atoms with Crippen LogP contribution in [0.15, 0.2) is 77.2 Å². The second-order valence-corrected chi connectivity index (χ2v) is 9.71. The summed E-state index contributed by atoms with van der Waals surface area (Å²) in [5.41, 5.74) is 5.14. The van der Waals surface area contributed by atoms with Crippen LogP contribution in [0.25, 0.3) is 11.0 Å². The van der Waals surface area contributed by atoms with Gasteiger partial charge in [0.05, 0.1) is 19.8 Å². The molecular weight excluding hydrogens is 464 g/mol. The van der Waals surface area contributed by atoms with Gasteiger partial charge in [0.2, 0.25) is 0 Å². The molecule has 192 valence electrons. The summed E-state index contributed by atoms with van der Waals surface area (Å²) in [6, 6.07) is 24.3. The van der Waals surface area contributed by atoms with Crippen molar-refractivity contribution in [1.29, 1.82) is 0 Å². The normalized spacial score (nSPS) is 15.2. The fourth-order valence-corrected chi connectivity index (χ4v) is 4.87. The highest BCUT2D eigenvalue weighted by molar-refractivity contribution is 5.99. The highest BCUT2D eigenvalue weighted by Gasteiger charge is 2.28. The molecule has 37 heavy (non-hydrogen) atoms. The first-order valence-corrected chi connectivity index (χ1v) is 12.8. The van der Waals surface area contributed by atoms with Crippen LogP contribution in [0.4, 0.5) is 0 Å². The van der Waals surface area contributed by atoms with Crippen molar-refractivity contribution in [2.45, 2.75) is 26.6 Å². The summed E-state index contributed by atoms with van der Waals surface area (Å²) in [6.07, 6.45) is -0.115. The van der Waals surface area contributed by atoms with Crippen molar-refractivity contribution in [1.82, 2.24) is 9.80 Å². The minimum Gasteiger partial charge on any atom is -0.497 e. The standard InChI is InChI=1S/C31H34N2O4/c1-22-11-13-24(14-12-22)21-36-29(25-7-6-8-26(19-25)35-3)20-32-15-17-33(18-16-32)31(34)30-23(2)27-9-4-5-10-28(27)37-30/h4-14,19,29H,15-18,20-21H2,1-3H3. The van der Waals surface area contributed by atoms with E-state index in [2.05, 4.69) is 42.2 Å². The molecule has 0 N–H and O–H groups in total. The number of piperazine rings is 1. The predicted octanol–water partition coefficient (Wildman–Crippen LogP) is 5.77. The Morgan fingerprint density at radius 3 is 2.43 bits per heavy atom. The van der Waals surface area contributed by atoms with Gasteiger partial charge in [-0.05, 0) is 43.2 Å².